The zero-order valence-corrected chi connectivity index (χ0v) is 25.2. The van der Waals surface area contributed by atoms with E-state index in [9.17, 15) is 9.50 Å². The monoisotopic (exact) mass is 624 g/mol. The summed E-state index contributed by atoms with van der Waals surface area (Å²) in [5.41, 5.74) is 0.671. The molecule has 4 aliphatic heterocycles. The summed E-state index contributed by atoms with van der Waals surface area (Å²) >= 11 is 0. The highest BCUT2D eigenvalue weighted by molar-refractivity contribution is 6.01. The van der Waals surface area contributed by atoms with Gasteiger partial charge in [-0.2, -0.15) is 15.1 Å². The van der Waals surface area contributed by atoms with Crippen LogP contribution in [0.1, 0.15) is 31.7 Å². The number of ether oxygens (including phenoxy) is 1. The van der Waals surface area contributed by atoms with Gasteiger partial charge in [0.2, 0.25) is 0 Å². The number of alkyl halides is 1. The molecule has 4 saturated heterocycles. The van der Waals surface area contributed by atoms with Crippen molar-refractivity contribution in [2.45, 2.75) is 55.5 Å². The summed E-state index contributed by atoms with van der Waals surface area (Å²) in [7, 11) is 0. The van der Waals surface area contributed by atoms with Gasteiger partial charge in [0.15, 0.2) is 5.82 Å². The molecule has 0 aliphatic carbocycles. The molecule has 2 bridgehead atoms. The molecule has 12 heteroatoms. The molecule has 4 fully saturated rings. The van der Waals surface area contributed by atoms with Gasteiger partial charge in [-0.3, -0.25) is 4.90 Å². The van der Waals surface area contributed by atoms with Gasteiger partial charge in [-0.25, -0.2) is 18.4 Å². The van der Waals surface area contributed by atoms with Crippen molar-refractivity contribution in [3.63, 3.8) is 0 Å². The largest absolute Gasteiger partial charge is 0.508 e. The van der Waals surface area contributed by atoms with Gasteiger partial charge < -0.3 is 20.1 Å². The Kier molecular flexibility index (Phi) is 6.40. The predicted octanol–water partition coefficient (Wildman–Crippen LogP) is 4.63. The Hall–Kier alpha value is -4.42. The lowest BCUT2D eigenvalue weighted by Crippen LogP contribution is -2.52. The molecule has 0 saturated carbocycles. The zero-order valence-electron chi connectivity index (χ0n) is 25.2. The van der Waals surface area contributed by atoms with E-state index in [0.717, 1.165) is 36.6 Å². The van der Waals surface area contributed by atoms with Crippen molar-refractivity contribution in [3.05, 3.63) is 67.0 Å². The average molecular weight is 625 g/mol. The second-order valence-electron chi connectivity index (χ2n) is 13.3. The van der Waals surface area contributed by atoms with Crippen LogP contribution in [0.5, 0.6) is 11.8 Å². The third-order valence-corrected chi connectivity index (χ3v) is 10.5. The van der Waals surface area contributed by atoms with Crippen molar-refractivity contribution >= 4 is 27.5 Å². The number of benzene rings is 3. The van der Waals surface area contributed by atoms with Crippen LogP contribution in [0, 0.1) is 5.82 Å². The van der Waals surface area contributed by atoms with E-state index < -0.39 is 17.5 Å². The smallest absolute Gasteiger partial charge is 0.319 e. The van der Waals surface area contributed by atoms with Crippen molar-refractivity contribution in [1.29, 1.82) is 0 Å². The van der Waals surface area contributed by atoms with Crippen LogP contribution >= 0.6 is 0 Å². The number of rotatable bonds is 6. The second kappa shape index (κ2) is 10.6. The van der Waals surface area contributed by atoms with Crippen molar-refractivity contribution < 1.29 is 18.6 Å². The lowest BCUT2D eigenvalue weighted by molar-refractivity contribution is 0.107. The van der Waals surface area contributed by atoms with E-state index >= 15 is 4.39 Å². The Bertz CT molecular complexity index is 1960. The highest BCUT2D eigenvalue weighted by Crippen LogP contribution is 2.42. The lowest BCUT2D eigenvalue weighted by Gasteiger charge is -2.35. The molecule has 2 aromatic heterocycles. The summed E-state index contributed by atoms with van der Waals surface area (Å²) in [5.74, 6) is 0.158. The van der Waals surface area contributed by atoms with Crippen LogP contribution in [0.15, 0.2) is 61.2 Å². The fourth-order valence-corrected chi connectivity index (χ4v) is 8.48. The van der Waals surface area contributed by atoms with Crippen LogP contribution < -0.4 is 15.0 Å². The Labute approximate surface area is 264 Å². The maximum absolute atomic E-state index is 16.8. The zero-order chi connectivity index (χ0) is 31.0. The minimum absolute atomic E-state index is 0.0573. The van der Waals surface area contributed by atoms with Crippen molar-refractivity contribution in [1.82, 2.24) is 34.9 Å². The molecule has 0 amide bonds. The summed E-state index contributed by atoms with van der Waals surface area (Å²) in [5, 5.41) is 20.8. The maximum Gasteiger partial charge on any atom is 0.319 e. The SMILES string of the molecule is Oc1cc(-c2ccc3c(N4C[C@H]5C[C@@H](n6cncn6)[C@@H](C4)N5)nc(OC[C@@]45CCCN4C[C@H](F)C5)nc3c2F)c2ccccc2c1. The first-order valence-electron chi connectivity index (χ1n) is 16.0. The molecule has 3 aromatic carbocycles. The standard InChI is InChI=1S/C34H34F2N8O2/c35-21-13-34(8-3-9-43(34)14-21)17-46-33-40-31-26(7-6-25(30(31)36)27-12-23(45)10-20-4-1-2-5-24(20)27)32(41-33)42-15-22-11-29(28(16-42)39-22)44-19-37-18-38-44/h1-2,4-7,10,12,18-19,21-22,28-29,39,45H,3,8-9,11,13-17H2/t21-,22-,28-,29-,34+/m1/s1. The number of nitrogens with one attached hydrogen (secondary N) is 1. The molecule has 10 nitrogen and oxygen atoms in total. The van der Waals surface area contributed by atoms with Gasteiger partial charge in [0, 0.05) is 49.1 Å². The fraction of sp³-hybridized carbons (Fsp3) is 0.412. The van der Waals surface area contributed by atoms with Crippen LogP contribution in [0.4, 0.5) is 14.6 Å². The van der Waals surface area contributed by atoms with E-state index in [2.05, 4.69) is 30.2 Å². The van der Waals surface area contributed by atoms with E-state index in [1.165, 1.54) is 0 Å². The first-order valence-corrected chi connectivity index (χ1v) is 16.0. The van der Waals surface area contributed by atoms with Crippen molar-refractivity contribution in [2.24, 2.45) is 0 Å². The van der Waals surface area contributed by atoms with Crippen LogP contribution in [0.3, 0.4) is 0 Å². The minimum Gasteiger partial charge on any atom is -0.508 e. The molecule has 6 heterocycles. The summed E-state index contributed by atoms with van der Waals surface area (Å²) < 4.78 is 39.6. The van der Waals surface area contributed by atoms with E-state index in [-0.39, 0.29) is 42.0 Å². The Morgan fingerprint density at radius 3 is 2.85 bits per heavy atom. The number of hydrogen-bond donors (Lipinski definition) is 2. The maximum atomic E-state index is 16.8. The molecule has 0 radical (unpaired) electrons. The Balaban J connectivity index is 1.14. The third-order valence-electron chi connectivity index (χ3n) is 10.5. The number of phenols is 1. The number of aromatic nitrogens is 5. The molecule has 0 spiro atoms. The molecular formula is C34H34F2N8O2. The molecule has 5 aromatic rings. The number of aromatic hydroxyl groups is 1. The van der Waals surface area contributed by atoms with Gasteiger partial charge >= 0.3 is 6.01 Å². The van der Waals surface area contributed by atoms with Gasteiger partial charge in [-0.05, 0) is 60.3 Å². The molecule has 46 heavy (non-hydrogen) atoms. The van der Waals surface area contributed by atoms with Crippen LogP contribution in [0.2, 0.25) is 0 Å². The molecule has 5 atom stereocenters. The molecule has 4 aliphatic rings. The predicted molar refractivity (Wildman–Crippen MR) is 169 cm³/mol. The minimum atomic E-state index is -0.886. The molecule has 2 N–H and O–H groups in total. The molecule has 236 valence electrons. The van der Waals surface area contributed by atoms with E-state index in [4.69, 9.17) is 9.72 Å². The molecule has 9 rings (SSSR count). The number of anilines is 1. The van der Waals surface area contributed by atoms with E-state index in [1.807, 2.05) is 35.0 Å². The van der Waals surface area contributed by atoms with Crippen molar-refractivity contribution in [3.8, 4) is 22.9 Å². The number of fused-ring (bicyclic) bond motifs is 5. The first-order chi connectivity index (χ1) is 22.4. The third kappa shape index (κ3) is 4.49. The highest BCUT2D eigenvalue weighted by atomic mass is 19.1. The van der Waals surface area contributed by atoms with Crippen LogP contribution in [-0.4, -0.2) is 91.3 Å². The number of hydrogen-bond acceptors (Lipinski definition) is 9. The fourth-order valence-electron chi connectivity index (χ4n) is 8.48. The first kappa shape index (κ1) is 27.9. The quantitative estimate of drug-likeness (QED) is 0.280. The topological polar surface area (TPSA) is 104 Å². The number of piperazine rings is 1. The normalized spacial score (nSPS) is 27.6. The second-order valence-corrected chi connectivity index (χ2v) is 13.3. The van der Waals surface area contributed by atoms with Gasteiger partial charge in [-0.1, -0.05) is 30.3 Å². The number of nitrogens with zero attached hydrogens (tertiary/aromatic N) is 7. The van der Waals surface area contributed by atoms with Gasteiger partial charge in [-0.15, -0.1) is 0 Å². The van der Waals surface area contributed by atoms with Crippen LogP contribution in [0.25, 0.3) is 32.8 Å². The highest BCUT2D eigenvalue weighted by Gasteiger charge is 2.49. The van der Waals surface area contributed by atoms with Crippen molar-refractivity contribution in [2.75, 3.05) is 37.7 Å². The van der Waals surface area contributed by atoms with E-state index in [1.54, 1.807) is 30.9 Å². The molecule has 0 unspecified atom stereocenters. The number of phenolic OH excluding ortho intramolecular Hbond substituents is 1. The van der Waals surface area contributed by atoms with E-state index in [0.29, 0.717) is 48.4 Å². The Morgan fingerprint density at radius 2 is 1.96 bits per heavy atom. The molecular weight excluding hydrogens is 590 g/mol. The summed E-state index contributed by atoms with van der Waals surface area (Å²) in [6.45, 7) is 2.82. The van der Waals surface area contributed by atoms with Gasteiger partial charge in [0.25, 0.3) is 0 Å². The summed E-state index contributed by atoms with van der Waals surface area (Å²) in [6, 6.07) is 15.0. The average Bonchev–Trinajstić information content (AvgIpc) is 3.84. The van der Waals surface area contributed by atoms with Crippen LogP contribution in [-0.2, 0) is 0 Å². The Morgan fingerprint density at radius 1 is 1.04 bits per heavy atom. The van der Waals surface area contributed by atoms with Gasteiger partial charge in [0.05, 0.1) is 11.6 Å². The summed E-state index contributed by atoms with van der Waals surface area (Å²) in [6.07, 6.45) is 5.57. The summed E-state index contributed by atoms with van der Waals surface area (Å²) in [4.78, 5) is 18.1. The van der Waals surface area contributed by atoms with Gasteiger partial charge in [0.1, 0.15) is 42.5 Å². The number of halogens is 2. The lowest BCUT2D eigenvalue weighted by atomic mass is 9.95.